The number of aryl methyl sites for hydroxylation is 1. The average Bonchev–Trinajstić information content (AvgIpc) is 3.37. The minimum atomic E-state index is -0.0811. The van der Waals surface area contributed by atoms with Crippen molar-refractivity contribution in [3.05, 3.63) is 66.4 Å². The molecule has 1 heterocycles. The minimum absolute atomic E-state index is 0.0671. The van der Waals surface area contributed by atoms with Crippen LogP contribution in [0.25, 0.3) is 10.9 Å². The molecule has 26 heavy (non-hydrogen) atoms. The summed E-state index contributed by atoms with van der Waals surface area (Å²) in [7, 11) is 0. The summed E-state index contributed by atoms with van der Waals surface area (Å²) in [5, 5.41) is 7.01. The number of aromatic nitrogens is 1. The summed E-state index contributed by atoms with van der Waals surface area (Å²) in [6.07, 6.45) is 4.48. The highest BCUT2D eigenvalue weighted by atomic mass is 16.2. The van der Waals surface area contributed by atoms with Crippen LogP contribution in [0.3, 0.4) is 0 Å². The maximum Gasteiger partial charge on any atom is 0.251 e. The lowest BCUT2D eigenvalue weighted by atomic mass is 10.2. The lowest BCUT2D eigenvalue weighted by Crippen LogP contribution is -2.25. The maximum absolute atomic E-state index is 12.3. The lowest BCUT2D eigenvalue weighted by Gasteiger charge is -2.09. The summed E-state index contributed by atoms with van der Waals surface area (Å²) in [5.74, 6) is -0.148. The molecule has 5 nitrogen and oxygen atoms in total. The Labute approximate surface area is 152 Å². The van der Waals surface area contributed by atoms with Gasteiger partial charge in [0.25, 0.3) is 5.91 Å². The molecule has 1 saturated carbocycles. The molecule has 0 saturated heterocycles. The molecule has 1 aliphatic carbocycles. The third kappa shape index (κ3) is 3.77. The number of fused-ring (bicyclic) bond motifs is 1. The monoisotopic (exact) mass is 347 g/mol. The van der Waals surface area contributed by atoms with Crippen molar-refractivity contribution in [2.45, 2.75) is 31.8 Å². The molecule has 0 atom stereocenters. The van der Waals surface area contributed by atoms with E-state index in [1.165, 1.54) is 5.39 Å². The summed E-state index contributed by atoms with van der Waals surface area (Å²) in [5.41, 5.74) is 2.35. The van der Waals surface area contributed by atoms with Gasteiger partial charge in [0.15, 0.2) is 0 Å². The molecule has 2 aromatic carbocycles. The van der Waals surface area contributed by atoms with Gasteiger partial charge in [-0.3, -0.25) is 9.59 Å². The number of benzene rings is 2. The average molecular weight is 347 g/mol. The smallest absolute Gasteiger partial charge is 0.251 e. The van der Waals surface area contributed by atoms with Gasteiger partial charge in [-0.05, 0) is 48.6 Å². The van der Waals surface area contributed by atoms with Crippen LogP contribution in [0, 0.1) is 0 Å². The van der Waals surface area contributed by atoms with E-state index in [1.807, 2.05) is 18.3 Å². The van der Waals surface area contributed by atoms with Gasteiger partial charge in [0.05, 0.1) is 0 Å². The second-order valence-corrected chi connectivity index (χ2v) is 6.69. The Hall–Kier alpha value is -3.08. The molecule has 0 unspecified atom stereocenters. The molecule has 0 aliphatic heterocycles. The lowest BCUT2D eigenvalue weighted by molar-refractivity contribution is -0.116. The Kier molecular flexibility index (Phi) is 4.44. The molecule has 2 N–H and O–H groups in total. The molecule has 4 rings (SSSR count). The van der Waals surface area contributed by atoms with E-state index in [4.69, 9.17) is 0 Å². The van der Waals surface area contributed by atoms with Crippen molar-refractivity contribution in [1.29, 1.82) is 0 Å². The van der Waals surface area contributed by atoms with Gasteiger partial charge < -0.3 is 15.2 Å². The number of amides is 2. The molecule has 3 aromatic rings. The highest BCUT2D eigenvalue weighted by molar-refractivity contribution is 5.97. The molecule has 0 radical (unpaired) electrons. The summed E-state index contributed by atoms with van der Waals surface area (Å²) in [4.78, 5) is 24.4. The number of nitrogens with zero attached hydrogens (tertiary/aromatic N) is 1. The Morgan fingerprint density at radius 1 is 1.04 bits per heavy atom. The van der Waals surface area contributed by atoms with Crippen LogP contribution in [0.4, 0.5) is 5.69 Å². The fourth-order valence-corrected chi connectivity index (χ4v) is 3.02. The molecule has 5 heteroatoms. The van der Waals surface area contributed by atoms with Gasteiger partial charge >= 0.3 is 0 Å². The normalized spacial score (nSPS) is 13.5. The molecule has 1 aliphatic rings. The fraction of sp³-hybridized carbons (Fsp3) is 0.238. The van der Waals surface area contributed by atoms with E-state index in [1.54, 1.807) is 24.3 Å². The minimum Gasteiger partial charge on any atom is -0.349 e. The van der Waals surface area contributed by atoms with Crippen molar-refractivity contribution in [3.63, 3.8) is 0 Å². The zero-order chi connectivity index (χ0) is 17.9. The van der Waals surface area contributed by atoms with Gasteiger partial charge in [0, 0.05) is 42.0 Å². The van der Waals surface area contributed by atoms with Crippen LogP contribution in [0.5, 0.6) is 0 Å². The Balaban J connectivity index is 1.36. The summed E-state index contributed by atoms with van der Waals surface area (Å²) < 4.78 is 2.08. The van der Waals surface area contributed by atoms with Gasteiger partial charge in [-0.1, -0.05) is 24.3 Å². The summed E-state index contributed by atoms with van der Waals surface area (Å²) in [6.45, 7) is 0.612. The van der Waals surface area contributed by atoms with Gasteiger partial charge in [-0.15, -0.1) is 0 Å². The van der Waals surface area contributed by atoms with Crippen molar-refractivity contribution in [3.8, 4) is 0 Å². The Bertz CT molecular complexity index is 957. The van der Waals surface area contributed by atoms with E-state index in [0.717, 1.165) is 18.4 Å². The van der Waals surface area contributed by atoms with E-state index in [9.17, 15) is 9.59 Å². The fourth-order valence-electron chi connectivity index (χ4n) is 3.02. The van der Waals surface area contributed by atoms with E-state index < -0.39 is 0 Å². The van der Waals surface area contributed by atoms with E-state index in [0.29, 0.717) is 30.3 Å². The second-order valence-electron chi connectivity index (χ2n) is 6.69. The first kappa shape index (κ1) is 16.4. The van der Waals surface area contributed by atoms with Crippen molar-refractivity contribution in [2.24, 2.45) is 0 Å². The number of hydrogen-bond acceptors (Lipinski definition) is 2. The van der Waals surface area contributed by atoms with Gasteiger partial charge in [0.1, 0.15) is 0 Å². The van der Waals surface area contributed by atoms with E-state index in [-0.39, 0.29) is 11.8 Å². The topological polar surface area (TPSA) is 63.1 Å². The molecule has 132 valence electrons. The number of hydrogen-bond donors (Lipinski definition) is 2. The van der Waals surface area contributed by atoms with E-state index in [2.05, 4.69) is 33.4 Å². The number of para-hydroxylation sites is 1. The first-order valence-electron chi connectivity index (χ1n) is 8.94. The number of carbonyl (C=O) groups is 2. The third-order valence-corrected chi connectivity index (χ3v) is 4.58. The summed E-state index contributed by atoms with van der Waals surface area (Å²) in [6, 6.07) is 17.6. The first-order valence-corrected chi connectivity index (χ1v) is 8.94. The predicted octanol–water partition coefficient (Wildman–Crippen LogP) is 3.56. The largest absolute Gasteiger partial charge is 0.349 e. The van der Waals surface area contributed by atoms with Gasteiger partial charge in [-0.2, -0.15) is 0 Å². The molecule has 0 spiro atoms. The Morgan fingerprint density at radius 3 is 2.73 bits per heavy atom. The first-order chi connectivity index (χ1) is 12.7. The molecule has 1 aromatic heterocycles. The highest BCUT2D eigenvalue weighted by Gasteiger charge is 2.23. The standard InChI is InChI=1S/C21H21N3O2/c25-20(11-13-24-12-10-15-4-1-2-7-19(15)24)22-18-6-3-5-16(14-18)21(26)23-17-8-9-17/h1-7,10,12,14,17H,8-9,11,13H2,(H,22,25)(H,23,26). The molecule has 0 bridgehead atoms. The van der Waals surface area contributed by atoms with Crippen molar-refractivity contribution < 1.29 is 9.59 Å². The molecular formula is C21H21N3O2. The SMILES string of the molecule is O=C(CCn1ccc2ccccc21)Nc1cccc(C(=O)NC2CC2)c1. The van der Waals surface area contributed by atoms with Crippen molar-refractivity contribution in [2.75, 3.05) is 5.32 Å². The zero-order valence-electron chi connectivity index (χ0n) is 14.4. The van der Waals surface area contributed by atoms with Crippen LogP contribution in [0.2, 0.25) is 0 Å². The van der Waals surface area contributed by atoms with Crippen LogP contribution in [0.15, 0.2) is 60.8 Å². The van der Waals surface area contributed by atoms with Gasteiger partial charge in [0.2, 0.25) is 5.91 Å². The van der Waals surface area contributed by atoms with Crippen LogP contribution in [-0.2, 0) is 11.3 Å². The number of anilines is 1. The summed E-state index contributed by atoms with van der Waals surface area (Å²) >= 11 is 0. The molecule has 2 amide bonds. The predicted molar refractivity (Wildman–Crippen MR) is 102 cm³/mol. The number of carbonyl (C=O) groups excluding carboxylic acids is 2. The number of rotatable bonds is 6. The van der Waals surface area contributed by atoms with Crippen molar-refractivity contribution in [1.82, 2.24) is 9.88 Å². The maximum atomic E-state index is 12.3. The van der Waals surface area contributed by atoms with Crippen LogP contribution < -0.4 is 10.6 Å². The molecular weight excluding hydrogens is 326 g/mol. The third-order valence-electron chi connectivity index (χ3n) is 4.58. The van der Waals surface area contributed by atoms with Crippen molar-refractivity contribution >= 4 is 28.4 Å². The quantitative estimate of drug-likeness (QED) is 0.716. The second kappa shape index (κ2) is 7.04. The highest BCUT2D eigenvalue weighted by Crippen LogP contribution is 2.20. The number of nitrogens with one attached hydrogen (secondary N) is 2. The Morgan fingerprint density at radius 2 is 1.88 bits per heavy atom. The van der Waals surface area contributed by atoms with Crippen LogP contribution in [-0.4, -0.2) is 22.4 Å². The van der Waals surface area contributed by atoms with Gasteiger partial charge in [-0.25, -0.2) is 0 Å². The molecule has 1 fully saturated rings. The zero-order valence-corrected chi connectivity index (χ0v) is 14.4. The van der Waals surface area contributed by atoms with E-state index >= 15 is 0 Å². The van der Waals surface area contributed by atoms with Crippen LogP contribution >= 0.6 is 0 Å². The van der Waals surface area contributed by atoms with Crippen LogP contribution in [0.1, 0.15) is 29.6 Å².